The van der Waals surface area contributed by atoms with Gasteiger partial charge in [0.1, 0.15) is 0 Å². The van der Waals surface area contributed by atoms with Crippen molar-refractivity contribution in [2.24, 2.45) is 11.8 Å². The first kappa shape index (κ1) is 11.4. The van der Waals surface area contributed by atoms with Crippen LogP contribution in [0.4, 0.5) is 0 Å². The molecule has 2 rings (SSSR count). The molecule has 4 atom stereocenters. The normalized spacial score (nSPS) is 43.4. The second-order valence-electron chi connectivity index (χ2n) is 5.63. The smallest absolute Gasteiger partial charge is 0.0121 e. The van der Waals surface area contributed by atoms with Gasteiger partial charge in [0, 0.05) is 18.6 Å². The standard InChI is InChI=1S/C13H26N2/c1-10-5-4-6-13(10)15-8-7-12(14-3)11(2)9-15/h10-14H,4-9H2,1-3H3. The molecular weight excluding hydrogens is 184 g/mol. The third-order valence-corrected chi connectivity index (χ3v) is 4.59. The van der Waals surface area contributed by atoms with E-state index in [1.54, 1.807) is 0 Å². The fourth-order valence-electron chi connectivity index (χ4n) is 3.58. The van der Waals surface area contributed by atoms with Gasteiger partial charge in [-0.1, -0.05) is 20.3 Å². The first-order valence-electron chi connectivity index (χ1n) is 6.63. The summed E-state index contributed by atoms with van der Waals surface area (Å²) in [6, 6.07) is 1.64. The van der Waals surface area contributed by atoms with Crippen molar-refractivity contribution in [3.8, 4) is 0 Å². The zero-order chi connectivity index (χ0) is 10.8. The Balaban J connectivity index is 1.90. The minimum Gasteiger partial charge on any atom is -0.317 e. The van der Waals surface area contributed by atoms with Crippen molar-refractivity contribution in [3.63, 3.8) is 0 Å². The van der Waals surface area contributed by atoms with Crippen LogP contribution in [0.3, 0.4) is 0 Å². The fraction of sp³-hybridized carbons (Fsp3) is 1.00. The molecule has 0 bridgehead atoms. The van der Waals surface area contributed by atoms with Gasteiger partial charge in [0.25, 0.3) is 0 Å². The van der Waals surface area contributed by atoms with Crippen molar-refractivity contribution in [1.82, 2.24) is 10.2 Å². The van der Waals surface area contributed by atoms with Gasteiger partial charge in [0.2, 0.25) is 0 Å². The molecule has 0 aromatic heterocycles. The van der Waals surface area contributed by atoms with E-state index in [4.69, 9.17) is 0 Å². The molecule has 2 heteroatoms. The van der Waals surface area contributed by atoms with Gasteiger partial charge < -0.3 is 5.32 Å². The molecule has 0 aromatic rings. The monoisotopic (exact) mass is 210 g/mol. The molecule has 1 aliphatic heterocycles. The largest absolute Gasteiger partial charge is 0.317 e. The number of rotatable bonds is 2. The van der Waals surface area contributed by atoms with Crippen LogP contribution in [0.1, 0.15) is 39.5 Å². The van der Waals surface area contributed by atoms with Crippen molar-refractivity contribution in [2.75, 3.05) is 20.1 Å². The van der Waals surface area contributed by atoms with Crippen LogP contribution in [-0.2, 0) is 0 Å². The molecular formula is C13H26N2. The fourth-order valence-corrected chi connectivity index (χ4v) is 3.58. The lowest BCUT2D eigenvalue weighted by Gasteiger charge is -2.41. The molecule has 1 saturated heterocycles. The number of likely N-dealkylation sites (tertiary alicyclic amines) is 1. The van der Waals surface area contributed by atoms with E-state index in [1.807, 2.05) is 0 Å². The second kappa shape index (κ2) is 4.84. The van der Waals surface area contributed by atoms with Gasteiger partial charge in [-0.15, -0.1) is 0 Å². The number of nitrogens with zero attached hydrogens (tertiary/aromatic N) is 1. The Kier molecular flexibility index (Phi) is 3.68. The predicted molar refractivity (Wildman–Crippen MR) is 65.0 cm³/mol. The lowest BCUT2D eigenvalue weighted by molar-refractivity contribution is 0.0902. The molecule has 0 aromatic carbocycles. The Labute approximate surface area is 94.4 Å². The van der Waals surface area contributed by atoms with Gasteiger partial charge in [-0.25, -0.2) is 0 Å². The summed E-state index contributed by atoms with van der Waals surface area (Å²) < 4.78 is 0. The van der Waals surface area contributed by atoms with E-state index in [-0.39, 0.29) is 0 Å². The molecule has 4 unspecified atom stereocenters. The number of hydrogen-bond acceptors (Lipinski definition) is 2. The molecule has 1 N–H and O–H groups in total. The summed E-state index contributed by atoms with van der Waals surface area (Å²) in [6.45, 7) is 7.45. The minimum absolute atomic E-state index is 0.748. The molecule has 2 fully saturated rings. The van der Waals surface area contributed by atoms with Gasteiger partial charge in [-0.05, 0) is 44.7 Å². The Morgan fingerprint density at radius 1 is 1.07 bits per heavy atom. The summed E-state index contributed by atoms with van der Waals surface area (Å²) in [5.41, 5.74) is 0. The van der Waals surface area contributed by atoms with Gasteiger partial charge in [0.05, 0.1) is 0 Å². The van der Waals surface area contributed by atoms with Crippen molar-refractivity contribution >= 4 is 0 Å². The molecule has 0 radical (unpaired) electrons. The summed E-state index contributed by atoms with van der Waals surface area (Å²) >= 11 is 0. The van der Waals surface area contributed by atoms with E-state index in [9.17, 15) is 0 Å². The van der Waals surface area contributed by atoms with E-state index < -0.39 is 0 Å². The first-order chi connectivity index (χ1) is 7.22. The highest BCUT2D eigenvalue weighted by atomic mass is 15.2. The number of hydrogen-bond donors (Lipinski definition) is 1. The zero-order valence-corrected chi connectivity index (χ0v) is 10.5. The van der Waals surface area contributed by atoms with Crippen LogP contribution >= 0.6 is 0 Å². The van der Waals surface area contributed by atoms with Crippen LogP contribution < -0.4 is 5.32 Å². The van der Waals surface area contributed by atoms with Crippen LogP contribution in [0.2, 0.25) is 0 Å². The molecule has 0 spiro atoms. The second-order valence-corrected chi connectivity index (χ2v) is 5.63. The van der Waals surface area contributed by atoms with Gasteiger partial charge in [0.15, 0.2) is 0 Å². The van der Waals surface area contributed by atoms with Crippen LogP contribution in [0, 0.1) is 11.8 Å². The summed E-state index contributed by atoms with van der Waals surface area (Å²) in [5.74, 6) is 1.75. The van der Waals surface area contributed by atoms with Crippen LogP contribution in [0.25, 0.3) is 0 Å². The van der Waals surface area contributed by atoms with E-state index in [2.05, 4.69) is 31.1 Å². The highest BCUT2D eigenvalue weighted by Crippen LogP contribution is 2.32. The lowest BCUT2D eigenvalue weighted by atomic mass is 9.91. The highest BCUT2D eigenvalue weighted by Gasteiger charge is 2.33. The number of piperidine rings is 1. The maximum absolute atomic E-state index is 3.45. The summed E-state index contributed by atoms with van der Waals surface area (Å²) in [7, 11) is 2.11. The van der Waals surface area contributed by atoms with Crippen molar-refractivity contribution in [2.45, 2.75) is 51.6 Å². The highest BCUT2D eigenvalue weighted by molar-refractivity contribution is 4.89. The molecule has 2 aliphatic rings. The Hall–Kier alpha value is -0.0800. The third-order valence-electron chi connectivity index (χ3n) is 4.59. The quantitative estimate of drug-likeness (QED) is 0.751. The molecule has 0 amide bonds. The lowest BCUT2D eigenvalue weighted by Crippen LogP contribution is -2.51. The van der Waals surface area contributed by atoms with Gasteiger partial charge >= 0.3 is 0 Å². The van der Waals surface area contributed by atoms with Crippen molar-refractivity contribution < 1.29 is 0 Å². The van der Waals surface area contributed by atoms with Crippen LogP contribution in [0.15, 0.2) is 0 Å². The molecule has 15 heavy (non-hydrogen) atoms. The molecule has 88 valence electrons. The average Bonchev–Trinajstić information content (AvgIpc) is 2.64. The van der Waals surface area contributed by atoms with E-state index in [1.165, 1.54) is 38.8 Å². The topological polar surface area (TPSA) is 15.3 Å². The molecule has 1 heterocycles. The minimum atomic E-state index is 0.748. The average molecular weight is 210 g/mol. The molecule has 1 saturated carbocycles. The molecule has 1 aliphatic carbocycles. The predicted octanol–water partition coefficient (Wildman–Crippen LogP) is 2.10. The summed E-state index contributed by atoms with van der Waals surface area (Å²) in [6.07, 6.45) is 5.68. The van der Waals surface area contributed by atoms with Crippen molar-refractivity contribution in [1.29, 1.82) is 0 Å². The van der Waals surface area contributed by atoms with E-state index >= 15 is 0 Å². The summed E-state index contributed by atoms with van der Waals surface area (Å²) in [4.78, 5) is 2.76. The van der Waals surface area contributed by atoms with E-state index in [0.717, 1.165) is 23.9 Å². The maximum Gasteiger partial charge on any atom is 0.0121 e. The Morgan fingerprint density at radius 3 is 2.40 bits per heavy atom. The third kappa shape index (κ3) is 2.36. The summed E-state index contributed by atoms with van der Waals surface area (Å²) in [5, 5.41) is 3.45. The van der Waals surface area contributed by atoms with Crippen LogP contribution in [-0.4, -0.2) is 37.1 Å². The van der Waals surface area contributed by atoms with Crippen LogP contribution in [0.5, 0.6) is 0 Å². The first-order valence-corrected chi connectivity index (χ1v) is 6.63. The Bertz CT molecular complexity index is 205. The van der Waals surface area contributed by atoms with E-state index in [0.29, 0.717) is 0 Å². The van der Waals surface area contributed by atoms with Gasteiger partial charge in [-0.3, -0.25) is 4.90 Å². The zero-order valence-electron chi connectivity index (χ0n) is 10.5. The number of nitrogens with one attached hydrogen (secondary N) is 1. The Morgan fingerprint density at radius 2 is 1.87 bits per heavy atom. The maximum atomic E-state index is 3.45. The molecule has 2 nitrogen and oxygen atoms in total. The van der Waals surface area contributed by atoms with Gasteiger partial charge in [-0.2, -0.15) is 0 Å². The SMILES string of the molecule is CNC1CCN(C2CCCC2C)CC1C. The van der Waals surface area contributed by atoms with Crippen molar-refractivity contribution in [3.05, 3.63) is 0 Å².